The zero-order valence-electron chi connectivity index (χ0n) is 7.17. The lowest BCUT2D eigenvalue weighted by Crippen LogP contribution is -1.98. The largest absolute Gasteiger partial charge is 0.454 e. The summed E-state index contributed by atoms with van der Waals surface area (Å²) in [4.78, 5) is 0. The van der Waals surface area contributed by atoms with Crippen molar-refractivity contribution < 1.29 is 14.6 Å². The minimum atomic E-state index is -0.581. The molecule has 3 nitrogen and oxygen atoms in total. The van der Waals surface area contributed by atoms with Crippen LogP contribution in [0.5, 0.6) is 11.5 Å². The Morgan fingerprint density at radius 2 is 2.29 bits per heavy atom. The molecule has 1 aliphatic rings. The topological polar surface area (TPSA) is 38.7 Å². The number of halogens is 2. The first-order valence-corrected chi connectivity index (χ1v) is 5.55. The molecule has 0 saturated heterocycles. The van der Waals surface area contributed by atoms with Crippen molar-refractivity contribution in [2.45, 2.75) is 6.10 Å². The Hall–Kier alpha value is -0.450. The van der Waals surface area contributed by atoms with Crippen LogP contribution in [0.25, 0.3) is 0 Å². The van der Waals surface area contributed by atoms with E-state index in [0.29, 0.717) is 21.9 Å². The summed E-state index contributed by atoms with van der Waals surface area (Å²) in [6.07, 6.45) is -0.581. The van der Waals surface area contributed by atoms with Crippen molar-refractivity contribution in [1.82, 2.24) is 0 Å². The van der Waals surface area contributed by atoms with Gasteiger partial charge in [-0.05, 0) is 17.7 Å². The number of alkyl halides is 1. The second-order valence-corrected chi connectivity index (χ2v) is 3.96. The molecule has 1 heterocycles. The van der Waals surface area contributed by atoms with Crippen molar-refractivity contribution >= 4 is 27.5 Å². The number of hydrogen-bond donors (Lipinski definition) is 1. The third kappa shape index (κ3) is 1.69. The van der Waals surface area contributed by atoms with Gasteiger partial charge in [-0.2, -0.15) is 0 Å². The number of hydrogen-bond acceptors (Lipinski definition) is 3. The third-order valence-corrected chi connectivity index (χ3v) is 2.87. The minimum absolute atomic E-state index is 0.183. The number of aliphatic hydroxyl groups excluding tert-OH is 1. The highest BCUT2D eigenvalue weighted by Gasteiger charge is 2.20. The van der Waals surface area contributed by atoms with E-state index in [1.165, 1.54) is 0 Å². The van der Waals surface area contributed by atoms with Gasteiger partial charge in [-0.3, -0.25) is 0 Å². The summed E-state index contributed by atoms with van der Waals surface area (Å²) >= 11 is 9.14. The van der Waals surface area contributed by atoms with E-state index >= 15 is 0 Å². The van der Waals surface area contributed by atoms with E-state index in [0.717, 1.165) is 5.56 Å². The molecular formula is C9H8BrClO3. The van der Waals surface area contributed by atoms with Gasteiger partial charge in [0.15, 0.2) is 11.5 Å². The van der Waals surface area contributed by atoms with Crippen molar-refractivity contribution in [3.05, 3.63) is 22.7 Å². The summed E-state index contributed by atoms with van der Waals surface area (Å²) in [7, 11) is 0. The van der Waals surface area contributed by atoms with E-state index in [1.54, 1.807) is 12.1 Å². The lowest BCUT2D eigenvalue weighted by molar-refractivity contribution is 0.173. The zero-order chi connectivity index (χ0) is 10.1. The van der Waals surface area contributed by atoms with Crippen LogP contribution in [-0.4, -0.2) is 17.2 Å². The Balaban J connectivity index is 2.41. The van der Waals surface area contributed by atoms with Gasteiger partial charge in [-0.1, -0.05) is 27.5 Å². The van der Waals surface area contributed by atoms with Crippen LogP contribution in [0.4, 0.5) is 0 Å². The van der Waals surface area contributed by atoms with Crippen LogP contribution in [0, 0.1) is 0 Å². The molecular weight excluding hydrogens is 271 g/mol. The van der Waals surface area contributed by atoms with E-state index in [-0.39, 0.29) is 6.79 Å². The first-order valence-electron chi connectivity index (χ1n) is 4.05. The lowest BCUT2D eigenvalue weighted by Gasteiger charge is -2.08. The molecule has 1 aliphatic heterocycles. The van der Waals surface area contributed by atoms with Gasteiger partial charge in [0, 0.05) is 5.33 Å². The average molecular weight is 280 g/mol. The average Bonchev–Trinajstić information content (AvgIpc) is 2.64. The van der Waals surface area contributed by atoms with Crippen LogP contribution in [0.15, 0.2) is 12.1 Å². The van der Waals surface area contributed by atoms with E-state index < -0.39 is 6.10 Å². The number of ether oxygens (including phenoxy) is 2. The summed E-state index contributed by atoms with van der Waals surface area (Å²) in [6.45, 7) is 0.183. The van der Waals surface area contributed by atoms with Crippen molar-refractivity contribution in [3.63, 3.8) is 0 Å². The fourth-order valence-electron chi connectivity index (χ4n) is 1.27. The maximum absolute atomic E-state index is 9.58. The number of benzene rings is 1. The molecule has 0 radical (unpaired) electrons. The van der Waals surface area contributed by atoms with Crippen LogP contribution in [0.3, 0.4) is 0 Å². The molecule has 1 atom stereocenters. The van der Waals surface area contributed by atoms with Crippen LogP contribution < -0.4 is 9.47 Å². The Bertz CT molecular complexity index is 356. The molecule has 0 spiro atoms. The van der Waals surface area contributed by atoms with Gasteiger partial charge < -0.3 is 14.6 Å². The predicted octanol–water partition coefficient (Wildman–Crippen LogP) is 2.50. The van der Waals surface area contributed by atoms with E-state index in [1.807, 2.05) is 0 Å². The van der Waals surface area contributed by atoms with E-state index in [9.17, 15) is 5.11 Å². The highest BCUT2D eigenvalue weighted by molar-refractivity contribution is 9.09. The molecule has 0 bridgehead atoms. The molecule has 0 fully saturated rings. The lowest BCUT2D eigenvalue weighted by atomic mass is 10.1. The molecule has 76 valence electrons. The molecule has 0 aromatic heterocycles. The smallest absolute Gasteiger partial charge is 0.231 e. The first-order chi connectivity index (χ1) is 6.72. The molecule has 2 rings (SSSR count). The second-order valence-electron chi connectivity index (χ2n) is 2.91. The third-order valence-electron chi connectivity index (χ3n) is 1.98. The van der Waals surface area contributed by atoms with Gasteiger partial charge in [0.2, 0.25) is 6.79 Å². The molecule has 5 heteroatoms. The van der Waals surface area contributed by atoms with Crippen molar-refractivity contribution in [3.8, 4) is 11.5 Å². The van der Waals surface area contributed by atoms with Gasteiger partial charge in [0.05, 0.1) is 11.1 Å². The summed E-state index contributed by atoms with van der Waals surface area (Å²) in [6, 6.07) is 3.42. The maximum Gasteiger partial charge on any atom is 0.231 e. The standard InChI is InChI=1S/C9H8BrClO3/c10-3-7(12)5-1-6(11)9-8(2-5)13-4-14-9/h1-2,7,12H,3-4H2. The molecule has 1 aromatic carbocycles. The summed E-state index contributed by atoms with van der Waals surface area (Å²) in [5.74, 6) is 1.14. The fourth-order valence-corrected chi connectivity index (χ4v) is 1.92. The maximum atomic E-state index is 9.58. The van der Waals surface area contributed by atoms with Gasteiger partial charge in [-0.15, -0.1) is 0 Å². The highest BCUT2D eigenvalue weighted by atomic mass is 79.9. The van der Waals surface area contributed by atoms with Gasteiger partial charge in [-0.25, -0.2) is 0 Å². The Morgan fingerprint density at radius 3 is 3.00 bits per heavy atom. The first kappa shape index (κ1) is 10.1. The van der Waals surface area contributed by atoms with E-state index in [4.69, 9.17) is 21.1 Å². The fraction of sp³-hybridized carbons (Fsp3) is 0.333. The summed E-state index contributed by atoms with van der Waals surface area (Å²) < 4.78 is 10.3. The van der Waals surface area contributed by atoms with E-state index in [2.05, 4.69) is 15.9 Å². The normalized spacial score (nSPS) is 15.6. The predicted molar refractivity (Wildman–Crippen MR) is 56.3 cm³/mol. The summed E-state index contributed by atoms with van der Waals surface area (Å²) in [5.41, 5.74) is 0.719. The number of aliphatic hydroxyl groups is 1. The Morgan fingerprint density at radius 1 is 1.50 bits per heavy atom. The molecule has 1 aromatic rings. The molecule has 0 amide bonds. The highest BCUT2D eigenvalue weighted by Crippen LogP contribution is 2.41. The monoisotopic (exact) mass is 278 g/mol. The van der Waals surface area contributed by atoms with Crippen molar-refractivity contribution in [2.24, 2.45) is 0 Å². The Kier molecular flexibility index (Phi) is 2.85. The molecule has 0 aliphatic carbocycles. The molecule has 1 N–H and O–H groups in total. The zero-order valence-corrected chi connectivity index (χ0v) is 9.51. The number of fused-ring (bicyclic) bond motifs is 1. The van der Waals surface area contributed by atoms with Crippen LogP contribution in [0.1, 0.15) is 11.7 Å². The number of rotatable bonds is 2. The SMILES string of the molecule is OC(CBr)c1cc(Cl)c2c(c1)OCO2. The minimum Gasteiger partial charge on any atom is -0.454 e. The van der Waals surface area contributed by atoms with Gasteiger partial charge in [0.25, 0.3) is 0 Å². The van der Waals surface area contributed by atoms with Crippen molar-refractivity contribution in [1.29, 1.82) is 0 Å². The van der Waals surface area contributed by atoms with Crippen molar-refractivity contribution in [2.75, 3.05) is 12.1 Å². The van der Waals surface area contributed by atoms with Crippen LogP contribution in [-0.2, 0) is 0 Å². The summed E-state index contributed by atoms with van der Waals surface area (Å²) in [5, 5.41) is 10.5. The molecule has 1 unspecified atom stereocenters. The molecule has 0 saturated carbocycles. The van der Waals surface area contributed by atoms with Gasteiger partial charge in [0.1, 0.15) is 0 Å². The molecule has 14 heavy (non-hydrogen) atoms. The van der Waals surface area contributed by atoms with Crippen LogP contribution >= 0.6 is 27.5 Å². The quantitative estimate of drug-likeness (QED) is 0.845. The van der Waals surface area contributed by atoms with Crippen LogP contribution in [0.2, 0.25) is 5.02 Å². The second kappa shape index (κ2) is 3.96. The Labute approximate surface area is 94.7 Å². The van der Waals surface area contributed by atoms with Gasteiger partial charge >= 0.3 is 0 Å².